The number of nitrogens with one attached hydrogen (secondary N) is 1. The molecule has 5 heteroatoms. The molecule has 1 aromatic carbocycles. The molecule has 1 saturated heterocycles. The van der Waals surface area contributed by atoms with Crippen molar-refractivity contribution in [3.05, 3.63) is 36.2 Å². The minimum absolute atomic E-state index is 0.157. The average Bonchev–Trinajstić information content (AvgIpc) is 2.98. The van der Waals surface area contributed by atoms with Crippen molar-refractivity contribution in [2.45, 2.75) is 18.6 Å². The quantitative estimate of drug-likeness (QED) is 0.863. The highest BCUT2D eigenvalue weighted by Gasteiger charge is 2.29. The van der Waals surface area contributed by atoms with Gasteiger partial charge < -0.3 is 9.84 Å². The molecule has 1 N–H and O–H groups in total. The Balaban J connectivity index is 1.84. The molecule has 0 aliphatic carbocycles. The smallest absolute Gasteiger partial charge is 0.244 e. The second-order valence-electron chi connectivity index (χ2n) is 4.12. The summed E-state index contributed by atoms with van der Waals surface area (Å²) in [5.74, 6) is 1.01. The molecule has 2 atom stereocenters. The summed E-state index contributed by atoms with van der Waals surface area (Å²) in [5, 5.41) is 6.92. The molecule has 3 rings (SSSR count). The van der Waals surface area contributed by atoms with Crippen LogP contribution in [0.2, 0.25) is 0 Å². The summed E-state index contributed by atoms with van der Waals surface area (Å²) in [5.41, 5.74) is 0.900. The molecule has 88 valence electrons. The van der Waals surface area contributed by atoms with Crippen molar-refractivity contribution >= 4 is 0 Å². The lowest BCUT2D eigenvalue weighted by molar-refractivity contribution is 0.324. The Hall–Kier alpha value is -1.75. The highest BCUT2D eigenvalue weighted by Crippen LogP contribution is 2.25. The van der Waals surface area contributed by atoms with Crippen LogP contribution in [0.5, 0.6) is 0 Å². The van der Waals surface area contributed by atoms with Gasteiger partial charge in [-0.3, -0.25) is 0 Å². The standard InChI is InChI=1S/C12H12FN3O/c13-9-6-10(14-7-9)12-15-11(16-17-12)8-4-2-1-3-5-8/h1-5,9-10,14H,6-7H2/t9-,10+/m0/s1. The number of hydrogen-bond donors (Lipinski definition) is 1. The fraction of sp³-hybridized carbons (Fsp3) is 0.333. The largest absolute Gasteiger partial charge is 0.337 e. The van der Waals surface area contributed by atoms with Crippen LogP contribution >= 0.6 is 0 Å². The number of nitrogens with zero attached hydrogens (tertiary/aromatic N) is 2. The number of hydrogen-bond acceptors (Lipinski definition) is 4. The number of alkyl halides is 1. The number of aromatic nitrogens is 2. The molecule has 0 bridgehead atoms. The Labute approximate surface area is 97.8 Å². The van der Waals surface area contributed by atoms with E-state index in [1.807, 2.05) is 30.3 Å². The fourth-order valence-electron chi connectivity index (χ4n) is 1.96. The number of benzene rings is 1. The van der Waals surface area contributed by atoms with E-state index in [0.29, 0.717) is 24.7 Å². The van der Waals surface area contributed by atoms with Gasteiger partial charge in [-0.2, -0.15) is 4.98 Å². The summed E-state index contributed by atoms with van der Waals surface area (Å²) < 4.78 is 18.2. The summed E-state index contributed by atoms with van der Waals surface area (Å²) in [6, 6.07) is 9.42. The number of rotatable bonds is 2. The van der Waals surface area contributed by atoms with E-state index in [1.54, 1.807) is 0 Å². The van der Waals surface area contributed by atoms with Gasteiger partial charge in [-0.05, 0) is 0 Å². The SMILES string of the molecule is F[C@@H]1CN[C@@H](c2nc(-c3ccccc3)no2)C1. The van der Waals surface area contributed by atoms with Crippen molar-refractivity contribution in [1.29, 1.82) is 0 Å². The third kappa shape index (κ3) is 2.06. The molecule has 0 saturated carbocycles. The second-order valence-corrected chi connectivity index (χ2v) is 4.12. The third-order valence-corrected chi connectivity index (χ3v) is 2.85. The van der Waals surface area contributed by atoms with Gasteiger partial charge in [-0.1, -0.05) is 35.5 Å². The summed E-state index contributed by atoms with van der Waals surface area (Å²) in [6.45, 7) is 0.355. The van der Waals surface area contributed by atoms with Crippen molar-refractivity contribution in [1.82, 2.24) is 15.5 Å². The lowest BCUT2D eigenvalue weighted by atomic mass is 10.2. The van der Waals surface area contributed by atoms with Gasteiger partial charge in [-0.15, -0.1) is 0 Å². The van der Waals surface area contributed by atoms with Crippen LogP contribution in [0.25, 0.3) is 11.4 Å². The van der Waals surface area contributed by atoms with Crippen molar-refractivity contribution in [2.75, 3.05) is 6.54 Å². The highest BCUT2D eigenvalue weighted by atomic mass is 19.1. The van der Waals surface area contributed by atoms with Crippen molar-refractivity contribution < 1.29 is 8.91 Å². The van der Waals surface area contributed by atoms with Crippen LogP contribution in [0.4, 0.5) is 4.39 Å². The van der Waals surface area contributed by atoms with E-state index in [2.05, 4.69) is 15.5 Å². The Kier molecular flexibility index (Phi) is 2.60. The Morgan fingerprint density at radius 2 is 2.12 bits per heavy atom. The molecule has 0 unspecified atom stereocenters. The van der Waals surface area contributed by atoms with E-state index < -0.39 is 6.17 Å². The molecule has 0 amide bonds. The van der Waals surface area contributed by atoms with Gasteiger partial charge in [0.15, 0.2) is 0 Å². The van der Waals surface area contributed by atoms with Gasteiger partial charge in [-0.25, -0.2) is 4.39 Å². The summed E-state index contributed by atoms with van der Waals surface area (Å²) >= 11 is 0. The van der Waals surface area contributed by atoms with E-state index in [1.165, 1.54) is 0 Å². The van der Waals surface area contributed by atoms with Gasteiger partial charge in [0, 0.05) is 18.5 Å². The first-order chi connectivity index (χ1) is 8.33. The summed E-state index contributed by atoms with van der Waals surface area (Å²) in [7, 11) is 0. The maximum absolute atomic E-state index is 13.0. The Morgan fingerprint density at radius 3 is 2.82 bits per heavy atom. The van der Waals surface area contributed by atoms with Crippen molar-refractivity contribution in [2.24, 2.45) is 0 Å². The molecule has 17 heavy (non-hydrogen) atoms. The Bertz CT molecular complexity index is 499. The van der Waals surface area contributed by atoms with Gasteiger partial charge >= 0.3 is 0 Å². The third-order valence-electron chi connectivity index (χ3n) is 2.85. The number of halogens is 1. The molecule has 1 aliphatic heterocycles. The first-order valence-electron chi connectivity index (χ1n) is 5.59. The molecule has 4 nitrogen and oxygen atoms in total. The lowest BCUT2D eigenvalue weighted by Gasteiger charge is -2.01. The van der Waals surface area contributed by atoms with Crippen LogP contribution in [0.15, 0.2) is 34.9 Å². The predicted octanol–water partition coefficient (Wildman–Crippen LogP) is 2.11. The van der Waals surface area contributed by atoms with E-state index in [9.17, 15) is 4.39 Å². The molecule has 0 spiro atoms. The zero-order valence-electron chi connectivity index (χ0n) is 9.14. The topological polar surface area (TPSA) is 51.0 Å². The van der Waals surface area contributed by atoms with Crippen LogP contribution in [0.1, 0.15) is 18.4 Å². The molecule has 1 fully saturated rings. The minimum Gasteiger partial charge on any atom is -0.337 e. The molecular formula is C12H12FN3O. The normalized spacial score (nSPS) is 24.1. The minimum atomic E-state index is -0.827. The summed E-state index contributed by atoms with van der Waals surface area (Å²) in [4.78, 5) is 4.29. The zero-order valence-corrected chi connectivity index (χ0v) is 9.14. The monoisotopic (exact) mass is 233 g/mol. The average molecular weight is 233 g/mol. The lowest BCUT2D eigenvalue weighted by Crippen LogP contribution is -2.14. The van der Waals surface area contributed by atoms with E-state index in [-0.39, 0.29) is 6.04 Å². The van der Waals surface area contributed by atoms with Gasteiger partial charge in [0.2, 0.25) is 11.7 Å². The predicted molar refractivity (Wildman–Crippen MR) is 60.0 cm³/mol. The van der Waals surface area contributed by atoms with Crippen LogP contribution < -0.4 is 5.32 Å². The highest BCUT2D eigenvalue weighted by molar-refractivity contribution is 5.53. The maximum atomic E-state index is 13.0. The van der Waals surface area contributed by atoms with Crippen molar-refractivity contribution in [3.63, 3.8) is 0 Å². The van der Waals surface area contributed by atoms with E-state index in [4.69, 9.17) is 4.52 Å². The first kappa shape index (κ1) is 10.4. The van der Waals surface area contributed by atoms with Crippen LogP contribution in [0.3, 0.4) is 0 Å². The zero-order chi connectivity index (χ0) is 11.7. The Morgan fingerprint density at radius 1 is 1.29 bits per heavy atom. The van der Waals surface area contributed by atoms with Crippen LogP contribution in [-0.2, 0) is 0 Å². The molecular weight excluding hydrogens is 221 g/mol. The molecule has 0 radical (unpaired) electrons. The maximum Gasteiger partial charge on any atom is 0.244 e. The van der Waals surface area contributed by atoms with Gasteiger partial charge in [0.05, 0.1) is 6.04 Å². The van der Waals surface area contributed by atoms with Crippen LogP contribution in [-0.4, -0.2) is 22.9 Å². The fourth-order valence-corrected chi connectivity index (χ4v) is 1.96. The van der Waals surface area contributed by atoms with Crippen LogP contribution in [0, 0.1) is 0 Å². The molecule has 2 heterocycles. The van der Waals surface area contributed by atoms with Crippen molar-refractivity contribution in [3.8, 4) is 11.4 Å². The summed E-state index contributed by atoms with van der Waals surface area (Å²) in [6.07, 6.45) is -0.428. The molecule has 1 aliphatic rings. The van der Waals surface area contributed by atoms with Gasteiger partial charge in [0.25, 0.3) is 0 Å². The molecule has 2 aromatic rings. The van der Waals surface area contributed by atoms with Gasteiger partial charge in [0.1, 0.15) is 6.17 Å². The molecule has 1 aromatic heterocycles. The van der Waals surface area contributed by atoms with E-state index >= 15 is 0 Å². The van der Waals surface area contributed by atoms with E-state index in [0.717, 1.165) is 5.56 Å². The first-order valence-corrected chi connectivity index (χ1v) is 5.59. The second kappa shape index (κ2) is 4.25.